The standard InChI is InChI=1S/C27H34BNO2/c1-26(2,30)27(3,4)31-20-28(5)24-17-13-22(14-18-24)10-9-21-11-15-23(16-12-21)25-8-6-7-19-29-25/h6-8,11-19,30H,9-10,20H2,1-5H3. The van der Waals surface area contributed by atoms with E-state index in [4.69, 9.17) is 4.74 Å². The topological polar surface area (TPSA) is 42.4 Å². The molecule has 0 aliphatic rings. The van der Waals surface area contributed by atoms with Crippen LogP contribution in [0.3, 0.4) is 0 Å². The summed E-state index contributed by atoms with van der Waals surface area (Å²) in [6.07, 6.45) is 3.86. The van der Waals surface area contributed by atoms with E-state index in [-0.39, 0.29) is 6.71 Å². The van der Waals surface area contributed by atoms with Gasteiger partial charge in [0.1, 0.15) is 0 Å². The summed E-state index contributed by atoms with van der Waals surface area (Å²) in [5.74, 6) is 0. The van der Waals surface area contributed by atoms with Gasteiger partial charge in [-0.1, -0.05) is 66.9 Å². The van der Waals surface area contributed by atoms with Gasteiger partial charge in [0.15, 0.2) is 0 Å². The van der Waals surface area contributed by atoms with E-state index in [1.807, 2.05) is 38.2 Å². The molecule has 0 aliphatic carbocycles. The number of hydrogen-bond acceptors (Lipinski definition) is 3. The Morgan fingerprint density at radius 3 is 1.94 bits per heavy atom. The van der Waals surface area contributed by atoms with Gasteiger partial charge in [-0.25, -0.2) is 0 Å². The number of nitrogens with zero attached hydrogens (tertiary/aromatic N) is 1. The van der Waals surface area contributed by atoms with Crippen molar-refractivity contribution in [2.75, 3.05) is 6.51 Å². The van der Waals surface area contributed by atoms with Crippen molar-refractivity contribution in [2.24, 2.45) is 0 Å². The number of hydrogen-bond donors (Lipinski definition) is 1. The maximum Gasteiger partial charge on any atom is 0.202 e. The van der Waals surface area contributed by atoms with Crippen LogP contribution in [0.4, 0.5) is 0 Å². The highest BCUT2D eigenvalue weighted by molar-refractivity contribution is 6.71. The third-order valence-electron chi connectivity index (χ3n) is 6.33. The summed E-state index contributed by atoms with van der Waals surface area (Å²) in [5.41, 5.74) is 4.61. The van der Waals surface area contributed by atoms with E-state index < -0.39 is 11.2 Å². The molecule has 0 bridgehead atoms. The third kappa shape index (κ3) is 6.28. The van der Waals surface area contributed by atoms with Crippen LogP contribution in [-0.2, 0) is 17.6 Å². The van der Waals surface area contributed by atoms with Crippen LogP contribution in [0.15, 0.2) is 72.9 Å². The zero-order chi connectivity index (χ0) is 22.5. The molecule has 3 aromatic rings. The SMILES string of the molecule is CB(COC(C)(C)C(C)(C)O)c1ccc(CCc2ccc(-c3ccccn3)cc2)cc1. The van der Waals surface area contributed by atoms with E-state index in [0.29, 0.717) is 6.51 Å². The first-order chi connectivity index (χ1) is 14.7. The highest BCUT2D eigenvalue weighted by Crippen LogP contribution is 2.25. The molecular weight excluding hydrogens is 381 g/mol. The van der Waals surface area contributed by atoms with Crippen molar-refractivity contribution in [1.82, 2.24) is 4.98 Å². The smallest absolute Gasteiger partial charge is 0.202 e. The van der Waals surface area contributed by atoms with Crippen molar-refractivity contribution in [3.63, 3.8) is 0 Å². The first-order valence-corrected chi connectivity index (χ1v) is 11.1. The maximum absolute atomic E-state index is 10.3. The summed E-state index contributed by atoms with van der Waals surface area (Å²) in [5, 5.41) is 10.3. The quantitative estimate of drug-likeness (QED) is 0.502. The number of rotatable bonds is 9. The Hall–Kier alpha value is -2.43. The molecular formula is C27H34BNO2. The summed E-state index contributed by atoms with van der Waals surface area (Å²) in [7, 11) is 0. The number of benzene rings is 2. The zero-order valence-electron chi connectivity index (χ0n) is 19.4. The number of aromatic nitrogens is 1. The molecule has 0 saturated heterocycles. The minimum absolute atomic E-state index is 0.273. The first-order valence-electron chi connectivity index (χ1n) is 11.1. The fourth-order valence-corrected chi connectivity index (χ4v) is 3.28. The van der Waals surface area contributed by atoms with E-state index in [0.717, 1.165) is 24.1 Å². The summed E-state index contributed by atoms with van der Waals surface area (Å²) in [6, 6.07) is 23.5. The minimum Gasteiger partial charge on any atom is -0.387 e. The minimum atomic E-state index is -0.883. The lowest BCUT2D eigenvalue weighted by Gasteiger charge is -2.37. The molecule has 1 N–H and O–H groups in total. The van der Waals surface area contributed by atoms with E-state index in [9.17, 15) is 5.11 Å². The normalized spacial score (nSPS) is 12.1. The maximum atomic E-state index is 10.3. The van der Waals surface area contributed by atoms with Gasteiger partial charge in [0.05, 0.1) is 16.9 Å². The second-order valence-electron chi connectivity index (χ2n) is 9.43. The van der Waals surface area contributed by atoms with Gasteiger partial charge in [-0.2, -0.15) is 0 Å². The number of aryl methyl sites for hydroxylation is 2. The molecule has 0 saturated carbocycles. The van der Waals surface area contributed by atoms with Crippen molar-refractivity contribution in [3.8, 4) is 11.3 Å². The number of ether oxygens (including phenoxy) is 1. The molecule has 0 amide bonds. The fraction of sp³-hybridized carbons (Fsp3) is 0.370. The molecule has 0 spiro atoms. The molecule has 0 aliphatic heterocycles. The van der Waals surface area contributed by atoms with Gasteiger partial charge in [0.25, 0.3) is 0 Å². The van der Waals surface area contributed by atoms with E-state index in [2.05, 4.69) is 60.3 Å². The first kappa shape index (κ1) is 23.2. The van der Waals surface area contributed by atoms with Gasteiger partial charge in [-0.3, -0.25) is 4.98 Å². The molecule has 0 unspecified atom stereocenters. The van der Waals surface area contributed by atoms with Crippen molar-refractivity contribution >= 4 is 12.2 Å². The van der Waals surface area contributed by atoms with Crippen molar-refractivity contribution < 1.29 is 9.84 Å². The second-order valence-corrected chi connectivity index (χ2v) is 9.43. The number of pyridine rings is 1. The van der Waals surface area contributed by atoms with Crippen molar-refractivity contribution in [3.05, 3.63) is 84.1 Å². The molecule has 162 valence electrons. The van der Waals surface area contributed by atoms with Gasteiger partial charge in [0, 0.05) is 18.3 Å². The van der Waals surface area contributed by atoms with Crippen LogP contribution in [0.2, 0.25) is 6.82 Å². The number of aliphatic hydroxyl groups is 1. The van der Waals surface area contributed by atoms with Crippen molar-refractivity contribution in [2.45, 2.75) is 58.6 Å². The molecule has 1 heterocycles. The van der Waals surface area contributed by atoms with Gasteiger partial charge < -0.3 is 9.84 Å². The highest BCUT2D eigenvalue weighted by atomic mass is 16.5. The molecule has 0 radical (unpaired) electrons. The molecule has 1 aromatic heterocycles. The molecule has 0 atom stereocenters. The van der Waals surface area contributed by atoms with Gasteiger partial charge in [0.2, 0.25) is 6.71 Å². The summed E-state index contributed by atoms with van der Waals surface area (Å²) in [4.78, 5) is 4.41. The average Bonchev–Trinajstić information content (AvgIpc) is 2.76. The van der Waals surface area contributed by atoms with E-state index in [1.54, 1.807) is 13.8 Å². The van der Waals surface area contributed by atoms with Crippen LogP contribution in [0.5, 0.6) is 0 Å². The van der Waals surface area contributed by atoms with Crippen molar-refractivity contribution in [1.29, 1.82) is 0 Å². The fourth-order valence-electron chi connectivity index (χ4n) is 3.28. The Balaban J connectivity index is 1.52. The lowest BCUT2D eigenvalue weighted by molar-refractivity contribution is -0.136. The Bertz CT molecular complexity index is 945. The summed E-state index contributed by atoms with van der Waals surface area (Å²) in [6.45, 7) is 10.5. The Kier molecular flexibility index (Phi) is 7.35. The summed E-state index contributed by atoms with van der Waals surface area (Å²) >= 11 is 0. The lowest BCUT2D eigenvalue weighted by Crippen LogP contribution is -2.49. The average molecular weight is 415 g/mol. The van der Waals surface area contributed by atoms with Crippen LogP contribution in [0, 0.1) is 0 Å². The Morgan fingerprint density at radius 1 is 0.839 bits per heavy atom. The monoisotopic (exact) mass is 415 g/mol. The Labute approximate surface area is 187 Å². The largest absolute Gasteiger partial charge is 0.387 e. The van der Waals surface area contributed by atoms with Gasteiger partial charge >= 0.3 is 0 Å². The Morgan fingerprint density at radius 2 is 1.42 bits per heavy atom. The highest BCUT2D eigenvalue weighted by Gasteiger charge is 2.36. The lowest BCUT2D eigenvalue weighted by atomic mass is 9.48. The van der Waals surface area contributed by atoms with E-state index in [1.165, 1.54) is 16.6 Å². The molecule has 2 aromatic carbocycles. The molecule has 3 nitrogen and oxygen atoms in total. The van der Waals surface area contributed by atoms with Crippen LogP contribution in [-0.4, -0.2) is 34.5 Å². The summed E-state index contributed by atoms with van der Waals surface area (Å²) < 4.78 is 6.03. The molecule has 31 heavy (non-hydrogen) atoms. The molecule has 0 fully saturated rings. The van der Waals surface area contributed by atoms with Crippen LogP contribution >= 0.6 is 0 Å². The van der Waals surface area contributed by atoms with Crippen LogP contribution in [0.1, 0.15) is 38.8 Å². The van der Waals surface area contributed by atoms with Gasteiger partial charge in [-0.05, 0) is 63.8 Å². The third-order valence-corrected chi connectivity index (χ3v) is 6.33. The van der Waals surface area contributed by atoms with Crippen LogP contribution in [0.25, 0.3) is 11.3 Å². The predicted molar refractivity (Wildman–Crippen MR) is 131 cm³/mol. The molecule has 3 rings (SSSR count). The zero-order valence-corrected chi connectivity index (χ0v) is 19.4. The molecule has 4 heteroatoms. The van der Waals surface area contributed by atoms with E-state index >= 15 is 0 Å². The van der Waals surface area contributed by atoms with Crippen LogP contribution < -0.4 is 5.46 Å². The van der Waals surface area contributed by atoms with Gasteiger partial charge in [-0.15, -0.1) is 0 Å². The predicted octanol–water partition coefficient (Wildman–Crippen LogP) is 4.97. The second kappa shape index (κ2) is 9.80.